The minimum atomic E-state index is -1.61. The van der Waals surface area contributed by atoms with E-state index in [2.05, 4.69) is 5.43 Å². The lowest BCUT2D eigenvalue weighted by Gasteiger charge is -2.50. The zero-order valence-electron chi connectivity index (χ0n) is 27.1. The number of rotatable bonds is 6. The van der Waals surface area contributed by atoms with Gasteiger partial charge in [-0.3, -0.25) is 29.5 Å². The normalized spacial score (nSPS) is 26.8. The molecule has 4 aromatic rings. The predicted molar refractivity (Wildman–Crippen MR) is 188 cm³/mol. The summed E-state index contributed by atoms with van der Waals surface area (Å²) in [5.74, 6) is -6.63. The van der Waals surface area contributed by atoms with E-state index in [1.54, 1.807) is 66.7 Å². The number of benzene rings is 4. The molecule has 258 valence electrons. The number of phenols is 1. The average molecular weight is 727 g/mol. The van der Waals surface area contributed by atoms with Crippen molar-refractivity contribution in [3.05, 3.63) is 130 Å². The monoisotopic (exact) mass is 725 g/mol. The molecule has 2 saturated heterocycles. The number of methoxy groups -OCH3 is 1. The fraction of sp³-hybridized carbons (Fsp3) is 0.231. The first-order valence-electron chi connectivity index (χ1n) is 16.4. The minimum absolute atomic E-state index is 0.0380. The highest BCUT2D eigenvalue weighted by molar-refractivity contribution is 6.32. The van der Waals surface area contributed by atoms with E-state index < -0.39 is 52.6 Å². The highest BCUT2D eigenvalue weighted by Gasteiger charge is 2.70. The zero-order chi connectivity index (χ0) is 35.8. The number of nitrogens with zero attached hydrogens (tertiary/aromatic N) is 2. The van der Waals surface area contributed by atoms with Crippen LogP contribution in [-0.2, 0) is 24.6 Å². The van der Waals surface area contributed by atoms with E-state index in [1.807, 2.05) is 6.08 Å². The van der Waals surface area contributed by atoms with Gasteiger partial charge in [-0.1, -0.05) is 65.2 Å². The van der Waals surface area contributed by atoms with Crippen molar-refractivity contribution in [1.29, 1.82) is 0 Å². The fourth-order valence-corrected chi connectivity index (χ4v) is 9.12. The summed E-state index contributed by atoms with van der Waals surface area (Å²) < 4.78 is 19.4. The van der Waals surface area contributed by atoms with Crippen LogP contribution in [-0.4, -0.2) is 40.9 Å². The van der Waals surface area contributed by atoms with Gasteiger partial charge in [-0.2, -0.15) is 5.01 Å². The maximum Gasteiger partial charge on any atom is 0.260 e. The van der Waals surface area contributed by atoms with Crippen LogP contribution in [0.4, 0.5) is 15.8 Å². The van der Waals surface area contributed by atoms with Gasteiger partial charge in [0.15, 0.2) is 11.5 Å². The largest absolute Gasteiger partial charge is 0.503 e. The number of hydrogen-bond acceptors (Lipinski definition) is 7. The Labute approximate surface area is 302 Å². The van der Waals surface area contributed by atoms with Crippen LogP contribution >= 0.6 is 23.2 Å². The second-order valence-corrected chi connectivity index (χ2v) is 14.1. The Kier molecular flexibility index (Phi) is 7.92. The predicted octanol–water partition coefficient (Wildman–Crippen LogP) is 7.04. The van der Waals surface area contributed by atoms with Gasteiger partial charge in [0.2, 0.25) is 11.8 Å². The number of amides is 4. The SMILES string of the molecule is COc1cc(C2C3=CCC4C(=O)N(c5ccccc5)C(=O)C4C3CC3C(=O)N(Nc4ccc(F)cc4)C(=O)C32c2ccc(Cl)cc2)cc(Cl)c1O. The maximum atomic E-state index is 15.2. The van der Waals surface area contributed by atoms with Gasteiger partial charge in [0.05, 0.1) is 46.7 Å². The van der Waals surface area contributed by atoms with Crippen LogP contribution in [0.2, 0.25) is 10.0 Å². The molecule has 4 amide bonds. The first-order chi connectivity index (χ1) is 24.6. The van der Waals surface area contributed by atoms with Gasteiger partial charge >= 0.3 is 0 Å². The van der Waals surface area contributed by atoms with Gasteiger partial charge < -0.3 is 9.84 Å². The smallest absolute Gasteiger partial charge is 0.260 e. The number of imide groups is 2. The molecule has 8 rings (SSSR count). The maximum absolute atomic E-state index is 15.2. The van der Waals surface area contributed by atoms with Gasteiger partial charge in [0, 0.05) is 10.9 Å². The number of halogens is 3. The molecule has 6 unspecified atom stereocenters. The van der Waals surface area contributed by atoms with Crippen molar-refractivity contribution in [2.75, 3.05) is 17.4 Å². The number of fused-ring (bicyclic) bond motifs is 4. The molecule has 2 heterocycles. The molecule has 2 N–H and O–H groups in total. The number of carbonyl (C=O) groups is 4. The average Bonchev–Trinajstić information content (AvgIpc) is 3.51. The number of ether oxygens (including phenoxy) is 1. The Hall–Kier alpha value is -5.19. The Morgan fingerprint density at radius 3 is 2.27 bits per heavy atom. The van der Waals surface area contributed by atoms with Crippen molar-refractivity contribution in [2.24, 2.45) is 23.7 Å². The summed E-state index contributed by atoms with van der Waals surface area (Å²) in [5, 5.41) is 12.1. The van der Waals surface area contributed by atoms with Crippen LogP contribution in [0, 0.1) is 29.5 Å². The summed E-state index contributed by atoms with van der Waals surface area (Å²) in [7, 11) is 1.38. The van der Waals surface area contributed by atoms with Gasteiger partial charge in [0.1, 0.15) is 5.82 Å². The molecule has 2 aliphatic carbocycles. The third-order valence-corrected chi connectivity index (χ3v) is 11.4. The summed E-state index contributed by atoms with van der Waals surface area (Å²) in [4.78, 5) is 59.5. The number of hydrazine groups is 1. The molecular formula is C39H30Cl2FN3O6. The summed E-state index contributed by atoms with van der Waals surface area (Å²) in [6.45, 7) is 0. The first kappa shape index (κ1) is 33.0. The van der Waals surface area contributed by atoms with Gasteiger partial charge in [-0.05, 0) is 90.6 Å². The zero-order valence-corrected chi connectivity index (χ0v) is 28.6. The van der Waals surface area contributed by atoms with Crippen LogP contribution in [0.15, 0.2) is 103 Å². The van der Waals surface area contributed by atoms with E-state index in [-0.39, 0.29) is 41.2 Å². The molecule has 2 aliphatic heterocycles. The first-order valence-corrected chi connectivity index (χ1v) is 17.2. The molecule has 12 heteroatoms. The molecular weight excluding hydrogens is 696 g/mol. The summed E-state index contributed by atoms with van der Waals surface area (Å²) >= 11 is 13.0. The number of aromatic hydroxyl groups is 1. The molecule has 1 saturated carbocycles. The number of allylic oxidation sites excluding steroid dienone is 2. The summed E-state index contributed by atoms with van der Waals surface area (Å²) in [5.41, 5.74) is 3.73. The Morgan fingerprint density at radius 2 is 1.59 bits per heavy atom. The molecule has 0 aromatic heterocycles. The van der Waals surface area contributed by atoms with E-state index >= 15 is 4.79 Å². The van der Waals surface area contributed by atoms with Gasteiger partial charge in [0.25, 0.3) is 11.8 Å². The van der Waals surface area contributed by atoms with Crippen molar-refractivity contribution in [3.8, 4) is 11.5 Å². The summed E-state index contributed by atoms with van der Waals surface area (Å²) in [6.07, 6.45) is 2.22. The van der Waals surface area contributed by atoms with Crippen LogP contribution < -0.4 is 15.1 Å². The second-order valence-electron chi connectivity index (χ2n) is 13.3. The molecule has 9 nitrogen and oxygen atoms in total. The molecule has 4 aliphatic rings. The molecule has 0 spiro atoms. The topological polar surface area (TPSA) is 116 Å². The number of phenolic OH excluding ortho intramolecular Hbond substituents is 1. The molecule has 0 bridgehead atoms. The van der Waals surface area contributed by atoms with Crippen LogP contribution in [0.5, 0.6) is 11.5 Å². The molecule has 4 aromatic carbocycles. The third-order valence-electron chi connectivity index (χ3n) is 10.9. The molecule has 51 heavy (non-hydrogen) atoms. The lowest BCUT2D eigenvalue weighted by atomic mass is 9.49. The molecule has 3 fully saturated rings. The van der Waals surface area contributed by atoms with Crippen molar-refractivity contribution < 1.29 is 33.4 Å². The van der Waals surface area contributed by atoms with Gasteiger partial charge in [-0.25, -0.2) is 4.39 Å². The van der Waals surface area contributed by atoms with Crippen LogP contribution in [0.3, 0.4) is 0 Å². The Balaban J connectivity index is 1.35. The number of para-hydroxylation sites is 1. The fourth-order valence-electron chi connectivity index (χ4n) is 8.78. The number of anilines is 2. The standard InChI is InChI=1S/C39H30Cl2FN3O6/c1-51-31-18-20(17-30(41)34(31)46)33-26-15-16-27-32(37(49)44(35(27)47)25-5-3-2-4-6-25)28(26)19-29-36(48)45(43-24-13-11-23(42)12-14-24)38(50)39(29,33)21-7-9-22(40)10-8-21/h2-15,17-18,27-29,32-33,43,46H,16,19H2,1H3. The lowest BCUT2D eigenvalue weighted by molar-refractivity contribution is -0.138. The van der Waals surface area contributed by atoms with E-state index in [0.29, 0.717) is 33.1 Å². The van der Waals surface area contributed by atoms with Crippen LogP contribution in [0.1, 0.15) is 29.9 Å². The van der Waals surface area contributed by atoms with Crippen molar-refractivity contribution in [3.63, 3.8) is 0 Å². The second kappa shape index (κ2) is 12.2. The quantitative estimate of drug-likeness (QED) is 0.162. The highest BCUT2D eigenvalue weighted by atomic mass is 35.5. The number of carbonyl (C=O) groups excluding carboxylic acids is 4. The Morgan fingerprint density at radius 1 is 0.882 bits per heavy atom. The number of hydrogen-bond donors (Lipinski definition) is 2. The lowest BCUT2D eigenvalue weighted by Crippen LogP contribution is -2.53. The minimum Gasteiger partial charge on any atom is -0.503 e. The van der Waals surface area contributed by atoms with Crippen molar-refractivity contribution >= 4 is 58.2 Å². The highest BCUT2D eigenvalue weighted by Crippen LogP contribution is 2.64. The summed E-state index contributed by atoms with van der Waals surface area (Å²) in [6, 6.07) is 23.8. The van der Waals surface area contributed by atoms with Crippen molar-refractivity contribution in [1.82, 2.24) is 5.01 Å². The van der Waals surface area contributed by atoms with E-state index in [1.165, 1.54) is 36.3 Å². The van der Waals surface area contributed by atoms with Gasteiger partial charge in [-0.15, -0.1) is 0 Å². The van der Waals surface area contributed by atoms with E-state index in [9.17, 15) is 23.9 Å². The van der Waals surface area contributed by atoms with E-state index in [4.69, 9.17) is 27.9 Å². The van der Waals surface area contributed by atoms with E-state index in [0.717, 1.165) is 5.01 Å². The third kappa shape index (κ3) is 4.87. The Bertz CT molecular complexity index is 2140. The number of nitrogens with one attached hydrogen (secondary N) is 1. The molecule has 6 atom stereocenters. The van der Waals surface area contributed by atoms with Crippen molar-refractivity contribution in [2.45, 2.75) is 24.2 Å². The van der Waals surface area contributed by atoms with Crippen LogP contribution in [0.25, 0.3) is 0 Å². The molecule has 0 radical (unpaired) electrons.